The minimum absolute atomic E-state index is 0.0538. The van der Waals surface area contributed by atoms with Crippen LogP contribution < -0.4 is 0 Å². The fourth-order valence-electron chi connectivity index (χ4n) is 4.28. The molecule has 0 radical (unpaired) electrons. The van der Waals surface area contributed by atoms with E-state index in [4.69, 9.17) is 14.0 Å². The second-order valence-electron chi connectivity index (χ2n) is 8.11. The fourth-order valence-corrected chi connectivity index (χ4v) is 4.28. The van der Waals surface area contributed by atoms with Gasteiger partial charge in [-0.05, 0) is 43.7 Å². The Morgan fingerprint density at radius 3 is 2.96 bits per heavy atom. The first-order valence-electron chi connectivity index (χ1n) is 10.1. The molecular weight excluding hydrogens is 358 g/mol. The number of ether oxygens (including phenoxy) is 2. The summed E-state index contributed by atoms with van der Waals surface area (Å²) >= 11 is 0. The molecule has 2 saturated heterocycles. The van der Waals surface area contributed by atoms with Crippen molar-refractivity contribution in [2.75, 3.05) is 26.3 Å². The molecule has 4 heterocycles. The number of rotatable bonds is 7. The third kappa shape index (κ3) is 3.44. The van der Waals surface area contributed by atoms with Gasteiger partial charge in [0.1, 0.15) is 11.4 Å². The zero-order chi connectivity index (χ0) is 19.0. The zero-order valence-electron chi connectivity index (χ0n) is 15.9. The van der Waals surface area contributed by atoms with E-state index in [0.717, 1.165) is 43.7 Å². The Morgan fingerprint density at radius 2 is 2.18 bits per heavy atom. The standard InChI is InChI=1S/C21H25N3O4/c25-20(18-11-19(28-23-18)15-4-5-15)24-13-21(14-24)16(7-10-27-21)6-9-26-12-17-3-1-2-8-22-17/h1-3,8,11,15-16H,4-7,9-10,12-14H2/t16-/m0/s1. The normalized spacial score (nSPS) is 23.1. The highest BCUT2D eigenvalue weighted by Gasteiger charge is 2.54. The number of hydrogen-bond acceptors (Lipinski definition) is 6. The summed E-state index contributed by atoms with van der Waals surface area (Å²) in [5, 5.41) is 3.97. The minimum Gasteiger partial charge on any atom is -0.375 e. The second-order valence-corrected chi connectivity index (χ2v) is 8.11. The van der Waals surface area contributed by atoms with Crippen LogP contribution in [0, 0.1) is 5.92 Å². The highest BCUT2D eigenvalue weighted by atomic mass is 16.5. The second kappa shape index (κ2) is 7.29. The van der Waals surface area contributed by atoms with Crippen molar-refractivity contribution in [2.24, 2.45) is 5.92 Å². The van der Waals surface area contributed by atoms with Gasteiger partial charge in [0, 0.05) is 31.4 Å². The monoisotopic (exact) mass is 383 g/mol. The van der Waals surface area contributed by atoms with Crippen LogP contribution in [0.25, 0.3) is 0 Å². The van der Waals surface area contributed by atoms with Crippen molar-refractivity contribution < 1.29 is 18.8 Å². The van der Waals surface area contributed by atoms with Gasteiger partial charge in [-0.2, -0.15) is 0 Å². The SMILES string of the molecule is O=C(c1cc(C2CC2)on1)N1CC2(C1)OCC[C@@H]2CCOCc1ccccn1. The van der Waals surface area contributed by atoms with E-state index in [1.165, 1.54) is 0 Å². The van der Waals surface area contributed by atoms with Gasteiger partial charge in [-0.25, -0.2) is 0 Å². The van der Waals surface area contributed by atoms with Crippen LogP contribution in [0.3, 0.4) is 0 Å². The quantitative estimate of drug-likeness (QED) is 0.684. The number of nitrogens with zero attached hydrogens (tertiary/aromatic N) is 3. The highest BCUT2D eigenvalue weighted by Crippen LogP contribution is 2.43. The van der Waals surface area contributed by atoms with Crippen LogP contribution in [-0.4, -0.2) is 52.9 Å². The lowest BCUT2D eigenvalue weighted by Gasteiger charge is -2.50. The van der Waals surface area contributed by atoms with Gasteiger partial charge < -0.3 is 18.9 Å². The fraction of sp³-hybridized carbons (Fsp3) is 0.571. The van der Waals surface area contributed by atoms with Gasteiger partial charge in [-0.1, -0.05) is 11.2 Å². The van der Waals surface area contributed by atoms with E-state index < -0.39 is 0 Å². The average Bonchev–Trinajstić information content (AvgIpc) is 3.26. The van der Waals surface area contributed by atoms with E-state index in [2.05, 4.69) is 10.1 Å². The molecule has 1 amide bonds. The number of likely N-dealkylation sites (tertiary alicyclic amines) is 1. The summed E-state index contributed by atoms with van der Waals surface area (Å²) in [7, 11) is 0. The third-order valence-electron chi connectivity index (χ3n) is 6.12. The molecular formula is C21H25N3O4. The number of carbonyl (C=O) groups excluding carboxylic acids is 1. The molecule has 2 aliphatic heterocycles. The van der Waals surface area contributed by atoms with Crippen LogP contribution >= 0.6 is 0 Å². The molecule has 148 valence electrons. The van der Waals surface area contributed by atoms with Gasteiger partial charge in [0.15, 0.2) is 5.69 Å². The molecule has 2 aromatic rings. The topological polar surface area (TPSA) is 77.7 Å². The van der Waals surface area contributed by atoms with E-state index in [9.17, 15) is 4.79 Å². The van der Waals surface area contributed by atoms with Gasteiger partial charge in [0.25, 0.3) is 5.91 Å². The van der Waals surface area contributed by atoms with Crippen LogP contribution in [0.2, 0.25) is 0 Å². The predicted molar refractivity (Wildman–Crippen MR) is 99.7 cm³/mol. The van der Waals surface area contributed by atoms with Crippen LogP contribution in [0.1, 0.15) is 53.5 Å². The van der Waals surface area contributed by atoms with E-state index in [1.54, 1.807) is 6.20 Å². The largest absolute Gasteiger partial charge is 0.375 e. The van der Waals surface area contributed by atoms with Crippen molar-refractivity contribution in [3.8, 4) is 0 Å². The summed E-state index contributed by atoms with van der Waals surface area (Å²) in [6, 6.07) is 7.64. The summed E-state index contributed by atoms with van der Waals surface area (Å²) < 4.78 is 17.2. The number of aromatic nitrogens is 2. The summed E-state index contributed by atoms with van der Waals surface area (Å²) in [4.78, 5) is 18.8. The Labute approximate surface area is 164 Å². The summed E-state index contributed by atoms with van der Waals surface area (Å²) in [5.41, 5.74) is 1.15. The van der Waals surface area contributed by atoms with Crippen molar-refractivity contribution in [3.05, 3.63) is 47.6 Å². The molecule has 1 spiro atoms. The van der Waals surface area contributed by atoms with Gasteiger partial charge in [0.05, 0.1) is 25.4 Å². The Morgan fingerprint density at radius 1 is 1.29 bits per heavy atom. The number of amides is 1. The molecule has 5 rings (SSSR count). The summed E-state index contributed by atoms with van der Waals surface area (Å²) in [6.07, 6.45) is 6.00. The van der Waals surface area contributed by atoms with Gasteiger partial charge >= 0.3 is 0 Å². The molecule has 28 heavy (non-hydrogen) atoms. The highest BCUT2D eigenvalue weighted by molar-refractivity contribution is 5.93. The van der Waals surface area contributed by atoms with Crippen LogP contribution in [0.4, 0.5) is 0 Å². The summed E-state index contributed by atoms with van der Waals surface area (Å²) in [5.74, 6) is 1.67. The molecule has 0 unspecified atom stereocenters. The zero-order valence-corrected chi connectivity index (χ0v) is 15.9. The molecule has 1 aliphatic carbocycles. The van der Waals surface area contributed by atoms with Crippen molar-refractivity contribution in [1.29, 1.82) is 0 Å². The van der Waals surface area contributed by atoms with Crippen LogP contribution in [0.5, 0.6) is 0 Å². The number of hydrogen-bond donors (Lipinski definition) is 0. The molecule has 0 aromatic carbocycles. The average molecular weight is 383 g/mol. The molecule has 3 aliphatic rings. The van der Waals surface area contributed by atoms with Crippen molar-refractivity contribution >= 4 is 5.91 Å². The predicted octanol–water partition coefficient (Wildman–Crippen LogP) is 2.79. The first-order valence-corrected chi connectivity index (χ1v) is 10.1. The molecule has 0 N–H and O–H groups in total. The molecule has 1 saturated carbocycles. The summed E-state index contributed by atoms with van der Waals surface area (Å²) in [6.45, 7) is 3.21. The van der Waals surface area contributed by atoms with Gasteiger partial charge in [-0.15, -0.1) is 0 Å². The first kappa shape index (κ1) is 17.8. The Balaban J connectivity index is 1.11. The van der Waals surface area contributed by atoms with Gasteiger partial charge in [0.2, 0.25) is 0 Å². The first-order chi connectivity index (χ1) is 13.7. The van der Waals surface area contributed by atoms with Crippen LogP contribution in [-0.2, 0) is 16.1 Å². The Kier molecular flexibility index (Phi) is 4.64. The lowest BCUT2D eigenvalue weighted by atomic mass is 9.79. The number of pyridine rings is 1. The van der Waals surface area contributed by atoms with E-state index in [0.29, 0.717) is 43.8 Å². The Hall–Kier alpha value is -2.25. The molecule has 7 heteroatoms. The number of carbonyl (C=O) groups is 1. The van der Waals surface area contributed by atoms with Gasteiger partial charge in [-0.3, -0.25) is 9.78 Å². The Bertz CT molecular complexity index is 827. The van der Waals surface area contributed by atoms with Crippen molar-refractivity contribution in [2.45, 2.75) is 43.8 Å². The van der Waals surface area contributed by atoms with E-state index >= 15 is 0 Å². The van der Waals surface area contributed by atoms with E-state index in [-0.39, 0.29) is 11.5 Å². The van der Waals surface area contributed by atoms with Crippen molar-refractivity contribution in [1.82, 2.24) is 15.0 Å². The van der Waals surface area contributed by atoms with E-state index in [1.807, 2.05) is 29.2 Å². The molecule has 2 aromatic heterocycles. The lowest BCUT2D eigenvalue weighted by molar-refractivity contribution is -0.121. The maximum absolute atomic E-state index is 12.7. The maximum atomic E-state index is 12.7. The molecule has 0 bridgehead atoms. The van der Waals surface area contributed by atoms with Crippen LogP contribution in [0.15, 0.2) is 35.0 Å². The molecule has 7 nitrogen and oxygen atoms in total. The lowest BCUT2D eigenvalue weighted by Crippen LogP contribution is -2.66. The van der Waals surface area contributed by atoms with Crippen molar-refractivity contribution in [3.63, 3.8) is 0 Å². The third-order valence-corrected chi connectivity index (χ3v) is 6.12. The maximum Gasteiger partial charge on any atom is 0.276 e. The minimum atomic E-state index is -0.215. The molecule has 1 atom stereocenters. The molecule has 3 fully saturated rings. The smallest absolute Gasteiger partial charge is 0.276 e.